The maximum absolute atomic E-state index is 11.5. The quantitative estimate of drug-likeness (QED) is 0.730. The van der Waals surface area contributed by atoms with E-state index in [4.69, 9.17) is 10.00 Å². The van der Waals surface area contributed by atoms with Crippen molar-refractivity contribution < 1.29 is 9.53 Å². The van der Waals surface area contributed by atoms with Gasteiger partial charge in [-0.15, -0.1) is 11.3 Å². The molecule has 0 N–H and O–H groups in total. The lowest BCUT2D eigenvalue weighted by molar-refractivity contribution is -0.148. The molecule has 4 heteroatoms. The second-order valence-corrected chi connectivity index (χ2v) is 5.08. The second kappa shape index (κ2) is 7.08. The van der Waals surface area contributed by atoms with Gasteiger partial charge in [0.15, 0.2) is 0 Å². The van der Waals surface area contributed by atoms with Gasteiger partial charge in [0, 0.05) is 11.3 Å². The van der Waals surface area contributed by atoms with Gasteiger partial charge in [-0.05, 0) is 17.9 Å². The zero-order chi connectivity index (χ0) is 12.7. The maximum atomic E-state index is 11.5. The summed E-state index contributed by atoms with van der Waals surface area (Å²) in [4.78, 5) is 12.6. The van der Waals surface area contributed by atoms with Crippen LogP contribution in [0, 0.1) is 23.2 Å². The lowest BCUT2D eigenvalue weighted by Crippen LogP contribution is -2.19. The van der Waals surface area contributed by atoms with Crippen LogP contribution < -0.4 is 0 Å². The van der Waals surface area contributed by atoms with Crippen LogP contribution in [0.2, 0.25) is 0 Å². The predicted octanol–water partition coefficient (Wildman–Crippen LogP) is 3.02. The van der Waals surface area contributed by atoms with Crippen LogP contribution in [0.1, 0.15) is 25.1 Å². The minimum absolute atomic E-state index is 0.0870. The first-order valence-corrected chi connectivity index (χ1v) is 6.64. The van der Waals surface area contributed by atoms with Crippen molar-refractivity contribution in [1.29, 1.82) is 5.26 Å². The SMILES string of the molecule is CCC(C)C(=O)OCC(C#N)Cc1cccs1. The fraction of sp³-hybridized carbons (Fsp3) is 0.538. The van der Waals surface area contributed by atoms with E-state index in [-0.39, 0.29) is 24.4 Å². The van der Waals surface area contributed by atoms with Crippen LogP contribution >= 0.6 is 11.3 Å². The number of hydrogen-bond donors (Lipinski definition) is 0. The normalized spacial score (nSPS) is 13.7. The number of nitrogens with zero attached hydrogens (tertiary/aromatic N) is 1. The second-order valence-electron chi connectivity index (χ2n) is 4.05. The molecule has 0 aliphatic carbocycles. The fourth-order valence-electron chi connectivity index (χ4n) is 1.31. The van der Waals surface area contributed by atoms with Crippen LogP contribution in [0.3, 0.4) is 0 Å². The van der Waals surface area contributed by atoms with E-state index < -0.39 is 0 Å². The molecule has 0 saturated carbocycles. The summed E-state index contributed by atoms with van der Waals surface area (Å²) in [5, 5.41) is 11.0. The van der Waals surface area contributed by atoms with E-state index >= 15 is 0 Å². The predicted molar refractivity (Wildman–Crippen MR) is 67.5 cm³/mol. The highest BCUT2D eigenvalue weighted by Gasteiger charge is 2.16. The van der Waals surface area contributed by atoms with Gasteiger partial charge in [-0.1, -0.05) is 19.9 Å². The van der Waals surface area contributed by atoms with Gasteiger partial charge in [0.2, 0.25) is 0 Å². The molecule has 0 fully saturated rings. The standard InChI is InChI=1S/C13H17NO2S/c1-3-10(2)13(15)16-9-11(8-14)7-12-5-4-6-17-12/h4-6,10-11H,3,7,9H2,1-2H3. The van der Waals surface area contributed by atoms with Crippen LogP contribution in [0.5, 0.6) is 0 Å². The Morgan fingerprint density at radius 2 is 2.41 bits per heavy atom. The molecule has 0 radical (unpaired) electrons. The molecule has 0 aliphatic heterocycles. The molecule has 2 unspecified atom stereocenters. The third-order valence-electron chi connectivity index (χ3n) is 2.65. The van der Waals surface area contributed by atoms with Crippen LogP contribution in [0.25, 0.3) is 0 Å². The Hall–Kier alpha value is -1.34. The highest BCUT2D eigenvalue weighted by Crippen LogP contribution is 2.15. The number of rotatable bonds is 6. The Labute approximate surface area is 106 Å². The van der Waals surface area contributed by atoms with Gasteiger partial charge in [-0.3, -0.25) is 4.79 Å². The summed E-state index contributed by atoms with van der Waals surface area (Å²) < 4.78 is 5.14. The first-order chi connectivity index (χ1) is 8.17. The first-order valence-electron chi connectivity index (χ1n) is 5.76. The summed E-state index contributed by atoms with van der Waals surface area (Å²) in [6, 6.07) is 6.13. The van der Waals surface area contributed by atoms with Crippen molar-refractivity contribution >= 4 is 17.3 Å². The fourth-order valence-corrected chi connectivity index (χ4v) is 2.09. The third-order valence-corrected chi connectivity index (χ3v) is 3.55. The van der Waals surface area contributed by atoms with Crippen LogP contribution in [0.4, 0.5) is 0 Å². The Kier molecular flexibility index (Phi) is 5.71. The van der Waals surface area contributed by atoms with Gasteiger partial charge in [-0.2, -0.15) is 5.26 Å². The number of esters is 1. The molecule has 92 valence electrons. The number of ether oxygens (including phenoxy) is 1. The summed E-state index contributed by atoms with van der Waals surface area (Å²) in [6.45, 7) is 3.97. The summed E-state index contributed by atoms with van der Waals surface area (Å²) in [5.74, 6) is -0.545. The van der Waals surface area contributed by atoms with E-state index in [1.54, 1.807) is 11.3 Å². The molecule has 2 atom stereocenters. The van der Waals surface area contributed by atoms with Gasteiger partial charge in [-0.25, -0.2) is 0 Å². The van der Waals surface area contributed by atoms with Crippen LogP contribution in [0.15, 0.2) is 17.5 Å². The van der Waals surface area contributed by atoms with Gasteiger partial charge in [0.25, 0.3) is 0 Å². The largest absolute Gasteiger partial charge is 0.464 e. The number of nitriles is 1. The maximum Gasteiger partial charge on any atom is 0.308 e. The zero-order valence-electron chi connectivity index (χ0n) is 10.2. The molecule has 0 amide bonds. The zero-order valence-corrected chi connectivity index (χ0v) is 11.0. The Bertz CT molecular complexity index is 381. The monoisotopic (exact) mass is 251 g/mol. The molecular weight excluding hydrogens is 234 g/mol. The van der Waals surface area contributed by atoms with E-state index in [1.165, 1.54) is 0 Å². The molecule has 3 nitrogen and oxygen atoms in total. The summed E-state index contributed by atoms with van der Waals surface area (Å²) in [5.41, 5.74) is 0. The van der Waals surface area contributed by atoms with Crippen molar-refractivity contribution in [3.05, 3.63) is 22.4 Å². The molecule has 0 aromatic carbocycles. The summed E-state index contributed by atoms with van der Waals surface area (Å²) in [6.07, 6.45) is 1.42. The van der Waals surface area contributed by atoms with Gasteiger partial charge in [0.05, 0.1) is 17.9 Å². The molecule has 1 rings (SSSR count). The average molecular weight is 251 g/mol. The Morgan fingerprint density at radius 3 is 2.94 bits per heavy atom. The van der Waals surface area contributed by atoms with E-state index in [2.05, 4.69) is 6.07 Å². The average Bonchev–Trinajstić information content (AvgIpc) is 2.85. The van der Waals surface area contributed by atoms with E-state index in [0.29, 0.717) is 6.42 Å². The lowest BCUT2D eigenvalue weighted by atomic mass is 10.1. The van der Waals surface area contributed by atoms with Gasteiger partial charge >= 0.3 is 5.97 Å². The van der Waals surface area contributed by atoms with E-state index in [9.17, 15) is 4.79 Å². The van der Waals surface area contributed by atoms with E-state index in [0.717, 1.165) is 11.3 Å². The molecular formula is C13H17NO2S. The molecule has 0 bridgehead atoms. The van der Waals surface area contributed by atoms with Crippen LogP contribution in [-0.4, -0.2) is 12.6 Å². The number of hydrogen-bond acceptors (Lipinski definition) is 4. The highest BCUT2D eigenvalue weighted by molar-refractivity contribution is 7.09. The highest BCUT2D eigenvalue weighted by atomic mass is 32.1. The molecule has 1 aromatic rings. The van der Waals surface area contributed by atoms with Gasteiger partial charge < -0.3 is 4.74 Å². The topological polar surface area (TPSA) is 50.1 Å². The van der Waals surface area contributed by atoms with Crippen molar-refractivity contribution in [1.82, 2.24) is 0 Å². The Morgan fingerprint density at radius 1 is 1.65 bits per heavy atom. The smallest absolute Gasteiger partial charge is 0.308 e. The molecule has 0 aliphatic rings. The Balaban J connectivity index is 2.38. The minimum atomic E-state index is -0.248. The van der Waals surface area contributed by atoms with Crippen molar-refractivity contribution in [3.8, 4) is 6.07 Å². The molecule has 0 spiro atoms. The summed E-state index contributed by atoms with van der Waals surface area (Å²) in [7, 11) is 0. The first kappa shape index (κ1) is 13.7. The van der Waals surface area contributed by atoms with Gasteiger partial charge in [0.1, 0.15) is 6.61 Å². The molecule has 0 saturated heterocycles. The van der Waals surface area contributed by atoms with Crippen LogP contribution in [-0.2, 0) is 16.0 Å². The minimum Gasteiger partial charge on any atom is -0.464 e. The molecule has 1 aromatic heterocycles. The third kappa shape index (κ3) is 4.58. The van der Waals surface area contributed by atoms with E-state index in [1.807, 2.05) is 31.4 Å². The van der Waals surface area contributed by atoms with Crippen molar-refractivity contribution in [3.63, 3.8) is 0 Å². The lowest BCUT2D eigenvalue weighted by Gasteiger charge is -2.12. The van der Waals surface area contributed by atoms with Crippen molar-refractivity contribution in [2.24, 2.45) is 11.8 Å². The van der Waals surface area contributed by atoms with Crippen molar-refractivity contribution in [2.45, 2.75) is 26.7 Å². The number of carbonyl (C=O) groups excluding carboxylic acids is 1. The summed E-state index contributed by atoms with van der Waals surface area (Å²) >= 11 is 1.62. The number of carbonyl (C=O) groups is 1. The molecule has 1 heterocycles. The molecule has 17 heavy (non-hydrogen) atoms. The van der Waals surface area contributed by atoms with Crippen molar-refractivity contribution in [2.75, 3.05) is 6.61 Å². The number of thiophene rings is 1.